The highest BCUT2D eigenvalue weighted by molar-refractivity contribution is 5.97. The van der Waals surface area contributed by atoms with E-state index in [-0.39, 0.29) is 18.1 Å². The predicted octanol–water partition coefficient (Wildman–Crippen LogP) is 6.19. The highest BCUT2D eigenvalue weighted by atomic mass is 16.6. The molecule has 2 atom stereocenters. The molecule has 2 aliphatic rings. The van der Waals surface area contributed by atoms with E-state index in [1.54, 1.807) is 6.92 Å². The van der Waals surface area contributed by atoms with E-state index in [9.17, 15) is 14.4 Å². The SMILES string of the molecule is C=C(C)C(=O)OC1Cc2ccc(CC(=C)C(=O)OCC(=O)OC3Cc4cccc5cccc3c45)c3cccc1c23. The highest BCUT2D eigenvalue weighted by Gasteiger charge is 2.30. The van der Waals surface area contributed by atoms with Gasteiger partial charge in [-0.1, -0.05) is 79.9 Å². The number of hydrogen-bond acceptors (Lipinski definition) is 6. The fraction of sp³-hybridized carbons (Fsp3) is 0.206. The van der Waals surface area contributed by atoms with Gasteiger partial charge in [-0.2, -0.15) is 0 Å². The molecule has 0 heterocycles. The lowest BCUT2D eigenvalue weighted by Crippen LogP contribution is -2.20. The van der Waals surface area contributed by atoms with Crippen molar-refractivity contribution in [3.05, 3.63) is 119 Å². The van der Waals surface area contributed by atoms with Crippen molar-refractivity contribution in [2.24, 2.45) is 0 Å². The topological polar surface area (TPSA) is 78.9 Å². The Morgan fingerprint density at radius 1 is 0.775 bits per heavy atom. The molecule has 0 aliphatic heterocycles. The molecule has 0 bridgehead atoms. The Morgan fingerprint density at radius 3 is 2.17 bits per heavy atom. The standard InChI is InChI=1S/C34H28O6/c1-19(2)33(36)40-29-17-24-14-13-22(25-10-6-12-27(29)32(24)25)15-20(3)34(37)38-18-30(35)39-28-16-23-9-4-7-21-8-5-11-26(28)31(21)23/h4-14,28-29H,1,3,15-18H2,2H3. The van der Waals surface area contributed by atoms with Crippen molar-refractivity contribution in [2.45, 2.75) is 38.4 Å². The number of rotatable bonds is 8. The van der Waals surface area contributed by atoms with E-state index >= 15 is 0 Å². The first-order chi connectivity index (χ1) is 19.3. The van der Waals surface area contributed by atoms with E-state index in [2.05, 4.69) is 13.2 Å². The first kappa shape index (κ1) is 25.6. The van der Waals surface area contributed by atoms with Gasteiger partial charge in [-0.15, -0.1) is 0 Å². The van der Waals surface area contributed by atoms with Crippen LogP contribution in [0.4, 0.5) is 0 Å². The van der Waals surface area contributed by atoms with Crippen molar-refractivity contribution in [1.29, 1.82) is 0 Å². The monoisotopic (exact) mass is 532 g/mol. The summed E-state index contributed by atoms with van der Waals surface area (Å²) in [5, 5.41) is 4.23. The maximum absolute atomic E-state index is 12.7. The molecule has 4 aromatic carbocycles. The van der Waals surface area contributed by atoms with Crippen LogP contribution in [0.1, 0.15) is 46.9 Å². The van der Waals surface area contributed by atoms with Gasteiger partial charge >= 0.3 is 17.9 Å². The van der Waals surface area contributed by atoms with Crippen LogP contribution in [0.25, 0.3) is 21.5 Å². The van der Waals surface area contributed by atoms with Gasteiger partial charge in [0.15, 0.2) is 6.61 Å². The van der Waals surface area contributed by atoms with E-state index in [0.717, 1.165) is 49.4 Å². The first-order valence-electron chi connectivity index (χ1n) is 13.2. The van der Waals surface area contributed by atoms with E-state index in [4.69, 9.17) is 14.2 Å². The van der Waals surface area contributed by atoms with Crippen molar-refractivity contribution in [1.82, 2.24) is 0 Å². The van der Waals surface area contributed by atoms with Gasteiger partial charge in [0.2, 0.25) is 0 Å². The van der Waals surface area contributed by atoms with Gasteiger partial charge in [-0.05, 0) is 45.2 Å². The van der Waals surface area contributed by atoms with E-state index in [0.29, 0.717) is 18.4 Å². The summed E-state index contributed by atoms with van der Waals surface area (Å²) in [5.41, 5.74) is 5.61. The average Bonchev–Trinajstić information content (AvgIpc) is 3.48. The molecule has 0 radical (unpaired) electrons. The van der Waals surface area contributed by atoms with Crippen LogP contribution in [0.15, 0.2) is 91.0 Å². The lowest BCUT2D eigenvalue weighted by atomic mass is 9.96. The molecule has 0 fully saturated rings. The second kappa shape index (κ2) is 10.1. The van der Waals surface area contributed by atoms with E-state index in [1.165, 1.54) is 0 Å². The molecule has 6 heteroatoms. The second-order valence-electron chi connectivity index (χ2n) is 10.4. The normalized spacial score (nSPS) is 16.6. The molecule has 200 valence electrons. The van der Waals surface area contributed by atoms with E-state index < -0.39 is 30.6 Å². The summed E-state index contributed by atoms with van der Waals surface area (Å²) in [4.78, 5) is 37.5. The number of ether oxygens (including phenoxy) is 3. The van der Waals surface area contributed by atoms with Crippen molar-refractivity contribution in [3.63, 3.8) is 0 Å². The Morgan fingerprint density at radius 2 is 1.43 bits per heavy atom. The van der Waals surface area contributed by atoms with Crippen molar-refractivity contribution in [2.75, 3.05) is 6.61 Å². The number of carbonyl (C=O) groups excluding carboxylic acids is 3. The van der Waals surface area contributed by atoms with Gasteiger partial charge in [0.25, 0.3) is 0 Å². The maximum atomic E-state index is 12.7. The zero-order valence-electron chi connectivity index (χ0n) is 22.2. The highest BCUT2D eigenvalue weighted by Crippen LogP contribution is 2.41. The Balaban J connectivity index is 1.09. The second-order valence-corrected chi connectivity index (χ2v) is 10.4. The van der Waals surface area contributed by atoms with Gasteiger partial charge in [-0.3, -0.25) is 0 Å². The summed E-state index contributed by atoms with van der Waals surface area (Å²) >= 11 is 0. The average molecular weight is 533 g/mol. The molecule has 6 rings (SSSR count). The number of esters is 3. The zero-order chi connectivity index (χ0) is 28.0. The van der Waals surface area contributed by atoms with Crippen LogP contribution in [0, 0.1) is 0 Å². The minimum Gasteiger partial charge on any atom is -0.455 e. The third-order valence-corrected chi connectivity index (χ3v) is 7.66. The van der Waals surface area contributed by atoms with Crippen LogP contribution in [0.2, 0.25) is 0 Å². The Labute approximate surface area is 231 Å². The molecule has 0 saturated heterocycles. The fourth-order valence-electron chi connectivity index (χ4n) is 5.83. The summed E-state index contributed by atoms with van der Waals surface area (Å²) in [6.07, 6.45) is 0.659. The molecule has 6 nitrogen and oxygen atoms in total. The summed E-state index contributed by atoms with van der Waals surface area (Å²) in [6, 6.07) is 21.8. The van der Waals surface area contributed by atoms with Crippen LogP contribution in [-0.2, 0) is 47.9 Å². The molecule has 0 spiro atoms. The first-order valence-corrected chi connectivity index (χ1v) is 13.2. The molecular weight excluding hydrogens is 504 g/mol. The number of carbonyl (C=O) groups is 3. The smallest absolute Gasteiger partial charge is 0.344 e. The predicted molar refractivity (Wildman–Crippen MR) is 152 cm³/mol. The summed E-state index contributed by atoms with van der Waals surface area (Å²) in [7, 11) is 0. The molecule has 4 aromatic rings. The van der Waals surface area contributed by atoms with E-state index in [1.807, 2.05) is 66.7 Å². The summed E-state index contributed by atoms with van der Waals surface area (Å²) in [6.45, 7) is 8.73. The van der Waals surface area contributed by atoms with Crippen molar-refractivity contribution in [3.8, 4) is 0 Å². The Hall–Kier alpha value is -4.71. The minimum absolute atomic E-state index is 0.231. The maximum Gasteiger partial charge on any atom is 0.344 e. The van der Waals surface area contributed by atoms with Gasteiger partial charge in [-0.25, -0.2) is 14.4 Å². The van der Waals surface area contributed by atoms with Crippen LogP contribution in [0.5, 0.6) is 0 Å². The fourth-order valence-corrected chi connectivity index (χ4v) is 5.83. The molecule has 0 amide bonds. The van der Waals surface area contributed by atoms with Gasteiger partial charge in [0.1, 0.15) is 12.2 Å². The van der Waals surface area contributed by atoms with Crippen molar-refractivity contribution >= 4 is 39.5 Å². The van der Waals surface area contributed by atoms with Gasteiger partial charge < -0.3 is 14.2 Å². The summed E-state index contributed by atoms with van der Waals surface area (Å²) in [5.74, 6) is -1.67. The Bertz CT molecular complexity index is 1740. The third-order valence-electron chi connectivity index (χ3n) is 7.66. The molecule has 2 aliphatic carbocycles. The lowest BCUT2D eigenvalue weighted by molar-refractivity contribution is -0.160. The lowest BCUT2D eigenvalue weighted by Gasteiger charge is -2.14. The molecule has 0 saturated carbocycles. The Kier molecular flexibility index (Phi) is 6.46. The molecule has 0 aromatic heterocycles. The number of hydrogen-bond donors (Lipinski definition) is 0. The minimum atomic E-state index is -0.648. The zero-order valence-corrected chi connectivity index (χ0v) is 22.2. The molecule has 40 heavy (non-hydrogen) atoms. The van der Waals surface area contributed by atoms with Crippen LogP contribution < -0.4 is 0 Å². The van der Waals surface area contributed by atoms with Gasteiger partial charge in [0.05, 0.1) is 0 Å². The molecule has 2 unspecified atom stereocenters. The third kappa shape index (κ3) is 4.56. The molecular formula is C34H28O6. The molecule has 0 N–H and O–H groups in total. The van der Waals surface area contributed by atoms with Crippen LogP contribution in [0.3, 0.4) is 0 Å². The van der Waals surface area contributed by atoms with Crippen molar-refractivity contribution < 1.29 is 28.6 Å². The summed E-state index contributed by atoms with van der Waals surface area (Å²) < 4.78 is 16.6. The van der Waals surface area contributed by atoms with Crippen LogP contribution >= 0.6 is 0 Å². The van der Waals surface area contributed by atoms with Crippen LogP contribution in [-0.4, -0.2) is 24.5 Å². The quantitative estimate of drug-likeness (QED) is 0.153. The van der Waals surface area contributed by atoms with Gasteiger partial charge in [0, 0.05) is 41.5 Å². The number of benzene rings is 4. The largest absolute Gasteiger partial charge is 0.455 e.